The van der Waals surface area contributed by atoms with Gasteiger partial charge >= 0.3 is 11.9 Å². The van der Waals surface area contributed by atoms with Crippen molar-refractivity contribution in [3.8, 4) is 0 Å². The number of thioether (sulfide) groups is 1. The van der Waals surface area contributed by atoms with Crippen LogP contribution in [0.3, 0.4) is 0 Å². The summed E-state index contributed by atoms with van der Waals surface area (Å²) in [6, 6.07) is 4.86. The van der Waals surface area contributed by atoms with Crippen LogP contribution < -0.4 is 5.32 Å². The van der Waals surface area contributed by atoms with Gasteiger partial charge in [0.25, 0.3) is 5.84 Å². The molecule has 2 aromatic heterocycles. The van der Waals surface area contributed by atoms with Crippen molar-refractivity contribution in [1.29, 1.82) is 0 Å². The van der Waals surface area contributed by atoms with E-state index in [1.54, 1.807) is 20.0 Å². The number of urea groups is 1. The van der Waals surface area contributed by atoms with Gasteiger partial charge in [-0.2, -0.15) is 9.48 Å². The molecule has 2 aliphatic rings. The summed E-state index contributed by atoms with van der Waals surface area (Å²) in [5.74, 6) is 0.0127. The minimum Gasteiger partial charge on any atom is -0.360 e. The highest BCUT2D eigenvalue weighted by Crippen LogP contribution is 2.27. The van der Waals surface area contributed by atoms with Gasteiger partial charge in [-0.25, -0.2) is 9.79 Å². The molecule has 0 aromatic carbocycles. The summed E-state index contributed by atoms with van der Waals surface area (Å²) in [7, 11) is 2.98. The number of thiophene rings is 1. The average molecular weight is 446 g/mol. The Kier molecular flexibility index (Phi) is 5.35. The number of carbonyl (C=O) groups is 3. The van der Waals surface area contributed by atoms with Gasteiger partial charge in [-0.3, -0.25) is 9.59 Å². The van der Waals surface area contributed by atoms with Crippen LogP contribution >= 0.6 is 23.1 Å². The molecular weight excluding hydrogens is 428 g/mol. The third kappa shape index (κ3) is 3.71. The van der Waals surface area contributed by atoms with Gasteiger partial charge in [0.15, 0.2) is 11.7 Å². The van der Waals surface area contributed by atoms with Gasteiger partial charge in [0.1, 0.15) is 10.8 Å². The van der Waals surface area contributed by atoms with Crippen LogP contribution in [-0.2, 0) is 9.59 Å². The summed E-state index contributed by atoms with van der Waals surface area (Å²) in [4.78, 5) is 48.4. The van der Waals surface area contributed by atoms with Gasteiger partial charge in [-0.05, 0) is 18.4 Å². The number of rotatable bonds is 4. The molecule has 2 aromatic rings. The van der Waals surface area contributed by atoms with Crippen LogP contribution in [0.25, 0.3) is 0 Å². The fourth-order valence-electron chi connectivity index (χ4n) is 2.95. The standard InChI is InChI=1S/C18H16N6O4S2/c1-9-7-11(22-28-9)19-12(25)8-30-16-13-15(23(2)18(27)24(3)17(13)26)20-14(21-16)10-5-4-6-29-10/h4-7,13H,8H2,1-3H3/p+1. The van der Waals surface area contributed by atoms with E-state index in [0.717, 1.165) is 21.5 Å². The van der Waals surface area contributed by atoms with E-state index in [-0.39, 0.29) is 11.7 Å². The minimum atomic E-state index is -0.839. The molecule has 12 heteroatoms. The third-order valence-corrected chi connectivity index (χ3v) is 6.32. The molecule has 4 heterocycles. The van der Waals surface area contributed by atoms with Gasteiger partial charge in [-0.1, -0.05) is 28.0 Å². The molecule has 1 atom stereocenters. The van der Waals surface area contributed by atoms with Crippen molar-refractivity contribution in [2.75, 3.05) is 25.2 Å². The van der Waals surface area contributed by atoms with Crippen molar-refractivity contribution in [1.82, 2.24) is 10.1 Å². The molecule has 4 rings (SSSR count). The number of anilines is 1. The number of fused-ring (bicyclic) bond motifs is 1. The van der Waals surface area contributed by atoms with Gasteiger partial charge in [0, 0.05) is 6.07 Å². The summed E-state index contributed by atoms with van der Waals surface area (Å²) < 4.78 is 6.27. The monoisotopic (exact) mass is 445 g/mol. The second-order valence-electron chi connectivity index (χ2n) is 6.55. The van der Waals surface area contributed by atoms with E-state index in [1.807, 2.05) is 17.5 Å². The van der Waals surface area contributed by atoms with Gasteiger partial charge in [-0.15, -0.1) is 11.3 Å². The van der Waals surface area contributed by atoms with E-state index in [9.17, 15) is 14.4 Å². The summed E-state index contributed by atoms with van der Waals surface area (Å²) in [6.45, 7) is 1.72. The van der Waals surface area contributed by atoms with Crippen LogP contribution in [0.15, 0.2) is 38.1 Å². The van der Waals surface area contributed by atoms with Crippen LogP contribution in [0.2, 0.25) is 0 Å². The Labute approximate surface area is 179 Å². The average Bonchev–Trinajstić information content (AvgIpc) is 3.40. The van der Waals surface area contributed by atoms with Crippen molar-refractivity contribution in [2.24, 2.45) is 15.9 Å². The molecule has 1 unspecified atom stereocenters. The van der Waals surface area contributed by atoms with Gasteiger partial charge in [0.05, 0.1) is 24.7 Å². The molecule has 154 valence electrons. The molecule has 0 aliphatic carbocycles. The molecule has 0 saturated carbocycles. The largest absolute Gasteiger partial charge is 0.445 e. The lowest BCUT2D eigenvalue weighted by molar-refractivity contribution is -0.407. The lowest BCUT2D eigenvalue weighted by Gasteiger charge is -2.26. The zero-order valence-corrected chi connectivity index (χ0v) is 17.9. The van der Waals surface area contributed by atoms with Gasteiger partial charge < -0.3 is 9.84 Å². The fourth-order valence-corrected chi connectivity index (χ4v) is 4.48. The predicted octanol–water partition coefficient (Wildman–Crippen LogP) is 1.82. The maximum atomic E-state index is 12.8. The van der Waals surface area contributed by atoms with Crippen LogP contribution in [-0.4, -0.2) is 69.0 Å². The Morgan fingerprint density at radius 2 is 2.20 bits per heavy atom. The number of nitrogens with zero attached hydrogens (tertiary/aromatic N) is 5. The highest BCUT2D eigenvalue weighted by atomic mass is 32.2. The maximum absolute atomic E-state index is 12.8. The van der Waals surface area contributed by atoms with E-state index in [0.29, 0.717) is 28.3 Å². The predicted molar refractivity (Wildman–Crippen MR) is 113 cm³/mol. The zero-order valence-electron chi connectivity index (χ0n) is 16.3. The molecule has 2 aliphatic heterocycles. The molecule has 0 saturated heterocycles. The fraction of sp³-hybridized carbons (Fsp3) is 0.278. The van der Waals surface area contributed by atoms with Crippen molar-refractivity contribution in [2.45, 2.75) is 6.92 Å². The number of hydrogen-bond donors (Lipinski definition) is 1. The number of carbonyl (C=O) groups excluding carboxylic acids is 3. The number of imide groups is 1. The van der Waals surface area contributed by atoms with E-state index < -0.39 is 17.9 Å². The molecule has 0 spiro atoms. The number of aliphatic imine (C=N–C) groups is 2. The number of hydrogen-bond acceptors (Lipinski definition) is 9. The summed E-state index contributed by atoms with van der Waals surface area (Å²) in [5, 5.41) is 8.66. The Bertz CT molecular complexity index is 1130. The number of amidine groups is 2. The smallest absolute Gasteiger partial charge is 0.360 e. The number of nitrogens with one attached hydrogen (secondary N) is 1. The molecule has 4 amide bonds. The Hall–Kier alpha value is -3.12. The van der Waals surface area contributed by atoms with E-state index in [1.165, 1.54) is 23.0 Å². The molecule has 0 radical (unpaired) electrons. The molecule has 30 heavy (non-hydrogen) atoms. The highest BCUT2D eigenvalue weighted by Gasteiger charge is 2.49. The SMILES string of the molecule is Cc1cc(NC(=O)CSC2=NC(c3cccs3)=NC3=[N+](C)C(=O)N(C)C(=O)C23)no1. The van der Waals surface area contributed by atoms with Crippen molar-refractivity contribution < 1.29 is 23.5 Å². The first-order chi connectivity index (χ1) is 14.3. The summed E-state index contributed by atoms with van der Waals surface area (Å²) in [5.41, 5.74) is 0. The first-order valence-electron chi connectivity index (χ1n) is 8.84. The van der Waals surface area contributed by atoms with E-state index in [4.69, 9.17) is 4.52 Å². The lowest BCUT2D eigenvalue weighted by atomic mass is 10.0. The van der Waals surface area contributed by atoms with Crippen molar-refractivity contribution >= 4 is 63.5 Å². The first-order valence-corrected chi connectivity index (χ1v) is 10.7. The van der Waals surface area contributed by atoms with Crippen LogP contribution in [0.4, 0.5) is 10.6 Å². The summed E-state index contributed by atoms with van der Waals surface area (Å²) in [6.07, 6.45) is 0. The van der Waals surface area contributed by atoms with Crippen LogP contribution in [0.5, 0.6) is 0 Å². The van der Waals surface area contributed by atoms with Crippen LogP contribution in [0, 0.1) is 12.8 Å². The number of aryl methyl sites for hydroxylation is 1. The minimum absolute atomic E-state index is 0.000889. The van der Waals surface area contributed by atoms with Crippen LogP contribution in [0.1, 0.15) is 10.6 Å². The van der Waals surface area contributed by atoms with E-state index in [2.05, 4.69) is 20.5 Å². The maximum Gasteiger partial charge on any atom is 0.445 e. The lowest BCUT2D eigenvalue weighted by Crippen LogP contribution is -2.54. The second-order valence-corrected chi connectivity index (χ2v) is 8.50. The normalized spacial score (nSPS) is 18.9. The van der Waals surface area contributed by atoms with E-state index >= 15 is 0 Å². The van der Waals surface area contributed by atoms with Crippen molar-refractivity contribution in [3.05, 3.63) is 34.2 Å². The highest BCUT2D eigenvalue weighted by molar-refractivity contribution is 8.14. The molecular formula is C18H17N6O4S2+. The zero-order chi connectivity index (χ0) is 21.4. The van der Waals surface area contributed by atoms with Gasteiger partial charge in [0.2, 0.25) is 11.7 Å². The Balaban J connectivity index is 1.62. The summed E-state index contributed by atoms with van der Waals surface area (Å²) >= 11 is 2.57. The second kappa shape index (κ2) is 7.95. The first kappa shape index (κ1) is 20.2. The third-order valence-electron chi connectivity index (χ3n) is 4.42. The van der Waals surface area contributed by atoms with Crippen molar-refractivity contribution in [3.63, 3.8) is 0 Å². The molecule has 10 nitrogen and oxygen atoms in total. The number of aromatic nitrogens is 1. The Morgan fingerprint density at radius 3 is 2.87 bits per heavy atom. The molecule has 1 N–H and O–H groups in total. The quantitative estimate of drug-likeness (QED) is 0.717. The number of amides is 4. The molecule has 0 bridgehead atoms. The molecule has 0 fully saturated rings. The topological polar surface area (TPSA) is 120 Å². The Morgan fingerprint density at radius 1 is 1.40 bits per heavy atom.